The minimum absolute atomic E-state index is 0.0421. The van der Waals surface area contributed by atoms with Crippen LogP contribution in [0.1, 0.15) is 49.7 Å². The van der Waals surface area contributed by atoms with Gasteiger partial charge in [0.05, 0.1) is 19.1 Å². The minimum Gasteiger partial charge on any atom is -0.496 e. The minimum atomic E-state index is -0.428. The largest absolute Gasteiger partial charge is 0.496 e. The second kappa shape index (κ2) is 8.61. The molecular formula is C22H34N2O3. The molecule has 150 valence electrons. The molecule has 1 amide bonds. The van der Waals surface area contributed by atoms with Gasteiger partial charge in [0.25, 0.3) is 0 Å². The van der Waals surface area contributed by atoms with Gasteiger partial charge in [-0.25, -0.2) is 0 Å². The van der Waals surface area contributed by atoms with Crippen LogP contribution in [0.15, 0.2) is 18.2 Å². The molecule has 2 N–H and O–H groups in total. The van der Waals surface area contributed by atoms with Gasteiger partial charge in [-0.2, -0.15) is 0 Å². The first-order chi connectivity index (χ1) is 13.1. The second-order valence-corrected chi connectivity index (χ2v) is 8.34. The van der Waals surface area contributed by atoms with Crippen molar-refractivity contribution in [3.63, 3.8) is 0 Å². The Morgan fingerprint density at radius 1 is 1.15 bits per heavy atom. The molecule has 0 aromatic heterocycles. The van der Waals surface area contributed by atoms with Gasteiger partial charge in [-0.15, -0.1) is 0 Å². The van der Waals surface area contributed by atoms with Crippen LogP contribution in [0, 0.1) is 12.3 Å². The molecule has 1 aromatic rings. The highest BCUT2D eigenvalue weighted by Crippen LogP contribution is 2.43. The molecule has 5 heteroatoms. The summed E-state index contributed by atoms with van der Waals surface area (Å²) < 4.78 is 11.0. The number of rotatable bonds is 7. The van der Waals surface area contributed by atoms with E-state index in [-0.39, 0.29) is 11.3 Å². The Hall–Kier alpha value is -1.59. The van der Waals surface area contributed by atoms with Crippen molar-refractivity contribution in [2.75, 3.05) is 40.5 Å². The number of hydrogen-bond acceptors (Lipinski definition) is 4. The Morgan fingerprint density at radius 3 is 2.48 bits per heavy atom. The van der Waals surface area contributed by atoms with E-state index >= 15 is 0 Å². The van der Waals surface area contributed by atoms with Crippen LogP contribution in [0.2, 0.25) is 0 Å². The highest BCUT2D eigenvalue weighted by Gasteiger charge is 2.44. The Morgan fingerprint density at radius 2 is 1.85 bits per heavy atom. The van der Waals surface area contributed by atoms with Crippen LogP contribution in [0.4, 0.5) is 0 Å². The number of benzene rings is 1. The van der Waals surface area contributed by atoms with Gasteiger partial charge < -0.3 is 20.1 Å². The molecule has 1 aliphatic carbocycles. The van der Waals surface area contributed by atoms with Gasteiger partial charge in [0.1, 0.15) is 5.75 Å². The van der Waals surface area contributed by atoms with E-state index in [4.69, 9.17) is 9.47 Å². The molecule has 0 atom stereocenters. The van der Waals surface area contributed by atoms with Gasteiger partial charge in [0.2, 0.25) is 5.91 Å². The van der Waals surface area contributed by atoms with Crippen molar-refractivity contribution in [3.8, 4) is 5.75 Å². The molecule has 3 rings (SSSR count). The maximum atomic E-state index is 13.4. The molecule has 5 nitrogen and oxygen atoms in total. The fourth-order valence-corrected chi connectivity index (χ4v) is 4.82. The number of piperidine rings is 1. The predicted octanol–water partition coefficient (Wildman–Crippen LogP) is 2.95. The fourth-order valence-electron chi connectivity index (χ4n) is 4.82. The zero-order valence-electron chi connectivity index (χ0n) is 17.0. The number of methoxy groups -OCH3 is 2. The molecule has 0 radical (unpaired) electrons. The molecule has 0 unspecified atom stereocenters. The van der Waals surface area contributed by atoms with Crippen molar-refractivity contribution in [2.45, 2.75) is 50.9 Å². The maximum absolute atomic E-state index is 13.4. The van der Waals surface area contributed by atoms with Crippen LogP contribution in [-0.2, 0) is 14.9 Å². The standard InChI is InChI=1S/C22H34N2O3/c1-17-6-7-18(14-19(17)27-3)22(8-4-5-9-22)20(25)24-15-21(16-26-2)10-12-23-13-11-21/h6-7,14,23H,4-5,8-13,15-16H2,1-3H3,(H,24,25). The number of aryl methyl sites for hydroxylation is 1. The van der Waals surface area contributed by atoms with Gasteiger partial charge >= 0.3 is 0 Å². The van der Waals surface area contributed by atoms with Crippen molar-refractivity contribution < 1.29 is 14.3 Å². The first-order valence-corrected chi connectivity index (χ1v) is 10.2. The number of hydrogen-bond donors (Lipinski definition) is 2. The number of ether oxygens (including phenoxy) is 2. The summed E-state index contributed by atoms with van der Waals surface area (Å²) in [6.07, 6.45) is 6.07. The second-order valence-electron chi connectivity index (χ2n) is 8.34. The van der Waals surface area contributed by atoms with E-state index < -0.39 is 5.41 Å². The van der Waals surface area contributed by atoms with Gasteiger partial charge in [-0.3, -0.25) is 4.79 Å². The summed E-state index contributed by atoms with van der Waals surface area (Å²) in [6.45, 7) is 5.39. The van der Waals surface area contributed by atoms with E-state index in [0.717, 1.165) is 68.5 Å². The molecule has 2 aliphatic rings. The lowest BCUT2D eigenvalue weighted by molar-refractivity contribution is -0.127. The molecule has 1 saturated carbocycles. The first-order valence-electron chi connectivity index (χ1n) is 10.2. The molecule has 2 fully saturated rings. The first kappa shape index (κ1) is 20.2. The average Bonchev–Trinajstić information content (AvgIpc) is 3.19. The topological polar surface area (TPSA) is 59.6 Å². The summed E-state index contributed by atoms with van der Waals surface area (Å²) in [4.78, 5) is 13.4. The SMILES string of the molecule is COCC1(CNC(=O)C2(c3ccc(C)c(OC)c3)CCCC2)CCNCC1. The smallest absolute Gasteiger partial charge is 0.230 e. The highest BCUT2D eigenvalue weighted by atomic mass is 16.5. The van der Waals surface area contributed by atoms with Crippen LogP contribution in [-0.4, -0.2) is 46.4 Å². The van der Waals surface area contributed by atoms with Crippen molar-refractivity contribution in [2.24, 2.45) is 5.41 Å². The lowest BCUT2D eigenvalue weighted by Crippen LogP contribution is -2.51. The lowest BCUT2D eigenvalue weighted by Gasteiger charge is -2.38. The summed E-state index contributed by atoms with van der Waals surface area (Å²) in [5, 5.41) is 6.73. The summed E-state index contributed by atoms with van der Waals surface area (Å²) in [6, 6.07) is 6.24. The van der Waals surface area contributed by atoms with E-state index in [9.17, 15) is 4.79 Å². The molecule has 1 heterocycles. The molecule has 0 bridgehead atoms. The molecule has 27 heavy (non-hydrogen) atoms. The van der Waals surface area contributed by atoms with Gasteiger partial charge in [-0.1, -0.05) is 25.0 Å². The van der Waals surface area contributed by atoms with Crippen LogP contribution in [0.3, 0.4) is 0 Å². The quantitative estimate of drug-likeness (QED) is 0.770. The summed E-state index contributed by atoms with van der Waals surface area (Å²) in [5.74, 6) is 1.03. The van der Waals surface area contributed by atoms with Crippen LogP contribution < -0.4 is 15.4 Å². The monoisotopic (exact) mass is 374 g/mol. The Kier molecular flexibility index (Phi) is 6.43. The molecular weight excluding hydrogens is 340 g/mol. The van der Waals surface area contributed by atoms with Gasteiger partial charge in [0.15, 0.2) is 0 Å². The zero-order valence-corrected chi connectivity index (χ0v) is 17.0. The molecule has 0 spiro atoms. The van der Waals surface area contributed by atoms with Crippen LogP contribution >= 0.6 is 0 Å². The van der Waals surface area contributed by atoms with Gasteiger partial charge in [0, 0.05) is 19.1 Å². The number of carbonyl (C=O) groups is 1. The number of amides is 1. The predicted molar refractivity (Wildman–Crippen MR) is 107 cm³/mol. The van der Waals surface area contributed by atoms with Crippen LogP contribution in [0.25, 0.3) is 0 Å². The summed E-state index contributed by atoms with van der Waals surface area (Å²) in [7, 11) is 3.45. The summed E-state index contributed by atoms with van der Waals surface area (Å²) >= 11 is 0. The lowest BCUT2D eigenvalue weighted by atomic mass is 9.76. The number of carbonyl (C=O) groups excluding carboxylic acids is 1. The van der Waals surface area contributed by atoms with E-state index in [0.29, 0.717) is 13.2 Å². The van der Waals surface area contributed by atoms with E-state index in [2.05, 4.69) is 28.8 Å². The Labute approximate surface area is 163 Å². The van der Waals surface area contributed by atoms with Crippen LogP contribution in [0.5, 0.6) is 5.75 Å². The molecule has 1 saturated heterocycles. The van der Waals surface area contributed by atoms with Crippen molar-refractivity contribution in [1.29, 1.82) is 0 Å². The van der Waals surface area contributed by atoms with Crippen molar-refractivity contribution in [3.05, 3.63) is 29.3 Å². The molecule has 1 aliphatic heterocycles. The highest BCUT2D eigenvalue weighted by molar-refractivity contribution is 5.88. The Balaban J connectivity index is 1.79. The Bertz CT molecular complexity index is 641. The number of nitrogens with one attached hydrogen (secondary N) is 2. The van der Waals surface area contributed by atoms with Gasteiger partial charge in [-0.05, 0) is 62.9 Å². The third-order valence-corrected chi connectivity index (χ3v) is 6.59. The van der Waals surface area contributed by atoms with Crippen molar-refractivity contribution >= 4 is 5.91 Å². The maximum Gasteiger partial charge on any atom is 0.230 e. The van der Waals surface area contributed by atoms with E-state index in [1.165, 1.54) is 0 Å². The van der Waals surface area contributed by atoms with E-state index in [1.54, 1.807) is 14.2 Å². The third-order valence-electron chi connectivity index (χ3n) is 6.59. The fraction of sp³-hybridized carbons (Fsp3) is 0.682. The average molecular weight is 375 g/mol. The van der Waals surface area contributed by atoms with Crippen molar-refractivity contribution in [1.82, 2.24) is 10.6 Å². The zero-order chi connectivity index (χ0) is 19.3. The normalized spacial score (nSPS) is 21.0. The third kappa shape index (κ3) is 4.14. The van der Waals surface area contributed by atoms with E-state index in [1.807, 2.05) is 6.92 Å². The summed E-state index contributed by atoms with van der Waals surface area (Å²) in [5.41, 5.74) is 1.80. The molecule has 1 aromatic carbocycles.